The fourth-order valence-corrected chi connectivity index (χ4v) is 2.45. The third-order valence-electron chi connectivity index (χ3n) is 4.46. The molecular formula is C17H21BN2O2. The average molecular weight is 296 g/mol. The molecule has 0 unspecified atom stereocenters. The quantitative estimate of drug-likeness (QED) is 0.866. The van der Waals surface area contributed by atoms with Crippen molar-refractivity contribution in [1.82, 2.24) is 4.98 Å². The SMILES string of the molecule is CC1(C)OB(c2cc(N)nc(-c3ccccc3)c2)OC1(C)C. The summed E-state index contributed by atoms with van der Waals surface area (Å²) in [5.74, 6) is 0.464. The third-order valence-corrected chi connectivity index (χ3v) is 4.46. The number of hydrogen-bond donors (Lipinski definition) is 1. The zero-order valence-electron chi connectivity index (χ0n) is 13.5. The second-order valence-corrected chi connectivity index (χ2v) is 6.66. The summed E-state index contributed by atoms with van der Waals surface area (Å²) in [5, 5.41) is 0. The number of aromatic nitrogens is 1. The van der Waals surface area contributed by atoms with Crippen LogP contribution in [0, 0.1) is 0 Å². The molecule has 0 amide bonds. The Kier molecular flexibility index (Phi) is 3.50. The normalized spacial score (nSPS) is 19.4. The lowest BCUT2D eigenvalue weighted by Crippen LogP contribution is -2.41. The first kappa shape index (κ1) is 15.1. The predicted molar refractivity (Wildman–Crippen MR) is 89.8 cm³/mol. The lowest BCUT2D eigenvalue weighted by molar-refractivity contribution is 0.00578. The monoisotopic (exact) mass is 296 g/mol. The van der Waals surface area contributed by atoms with Gasteiger partial charge in [-0.25, -0.2) is 4.98 Å². The predicted octanol–water partition coefficient (Wildman–Crippen LogP) is 2.63. The summed E-state index contributed by atoms with van der Waals surface area (Å²) in [4.78, 5) is 4.41. The second kappa shape index (κ2) is 5.11. The van der Waals surface area contributed by atoms with Gasteiger partial charge in [-0.15, -0.1) is 0 Å². The standard InChI is InChI=1S/C17H21BN2O2/c1-16(2)17(3,4)22-18(21-16)13-10-14(20-15(19)11-13)12-8-6-5-7-9-12/h5-11H,1-4H3,(H2,19,20). The van der Waals surface area contributed by atoms with E-state index in [9.17, 15) is 0 Å². The number of nitrogen functional groups attached to an aromatic ring is 1. The largest absolute Gasteiger partial charge is 0.495 e. The Balaban J connectivity index is 1.98. The number of rotatable bonds is 2. The molecule has 114 valence electrons. The Morgan fingerprint density at radius 3 is 2.14 bits per heavy atom. The van der Waals surface area contributed by atoms with Crippen LogP contribution in [0.4, 0.5) is 5.82 Å². The molecule has 0 aliphatic carbocycles. The first-order valence-electron chi connectivity index (χ1n) is 7.47. The maximum atomic E-state index is 6.09. The van der Waals surface area contributed by atoms with Gasteiger partial charge in [0.15, 0.2) is 0 Å². The number of hydrogen-bond acceptors (Lipinski definition) is 4. The van der Waals surface area contributed by atoms with Gasteiger partial charge < -0.3 is 15.0 Å². The van der Waals surface area contributed by atoms with Crippen molar-refractivity contribution in [3.63, 3.8) is 0 Å². The molecule has 1 aliphatic heterocycles. The number of anilines is 1. The first-order chi connectivity index (χ1) is 10.3. The molecule has 0 radical (unpaired) electrons. The van der Waals surface area contributed by atoms with Gasteiger partial charge in [-0.1, -0.05) is 30.3 Å². The fourth-order valence-electron chi connectivity index (χ4n) is 2.45. The van der Waals surface area contributed by atoms with Gasteiger partial charge in [-0.3, -0.25) is 0 Å². The minimum atomic E-state index is -0.433. The summed E-state index contributed by atoms with van der Waals surface area (Å²) < 4.78 is 12.2. The zero-order valence-corrected chi connectivity index (χ0v) is 13.5. The second-order valence-electron chi connectivity index (χ2n) is 6.66. The van der Waals surface area contributed by atoms with Crippen LogP contribution in [0.1, 0.15) is 27.7 Å². The van der Waals surface area contributed by atoms with E-state index in [1.54, 1.807) is 0 Å². The summed E-state index contributed by atoms with van der Waals surface area (Å²) in [6.45, 7) is 8.15. The van der Waals surface area contributed by atoms with E-state index in [0.717, 1.165) is 16.7 Å². The zero-order chi connectivity index (χ0) is 16.0. The molecule has 0 bridgehead atoms. The van der Waals surface area contributed by atoms with Crippen LogP contribution < -0.4 is 11.2 Å². The molecular weight excluding hydrogens is 275 g/mol. The molecule has 1 aromatic heterocycles. The highest BCUT2D eigenvalue weighted by Gasteiger charge is 2.51. The molecule has 2 N–H and O–H groups in total. The maximum Gasteiger partial charge on any atom is 0.495 e. The van der Waals surface area contributed by atoms with Crippen molar-refractivity contribution < 1.29 is 9.31 Å². The molecule has 3 rings (SSSR count). The van der Waals surface area contributed by atoms with Crippen LogP contribution in [0.3, 0.4) is 0 Å². The Morgan fingerprint density at radius 1 is 0.955 bits per heavy atom. The number of benzene rings is 1. The Bertz CT molecular complexity index is 670. The van der Waals surface area contributed by atoms with E-state index in [4.69, 9.17) is 15.0 Å². The Hall–Kier alpha value is -1.85. The van der Waals surface area contributed by atoms with Crippen LogP contribution in [0.25, 0.3) is 11.3 Å². The van der Waals surface area contributed by atoms with Crippen molar-refractivity contribution in [3.8, 4) is 11.3 Å². The van der Waals surface area contributed by atoms with E-state index < -0.39 is 7.12 Å². The molecule has 2 heterocycles. The molecule has 0 saturated carbocycles. The third kappa shape index (κ3) is 2.62. The molecule has 22 heavy (non-hydrogen) atoms. The Labute approximate surface area is 131 Å². The molecule has 2 aromatic rings. The van der Waals surface area contributed by atoms with E-state index in [-0.39, 0.29) is 11.2 Å². The molecule has 4 nitrogen and oxygen atoms in total. The van der Waals surface area contributed by atoms with Crippen molar-refractivity contribution in [2.75, 3.05) is 5.73 Å². The first-order valence-corrected chi connectivity index (χ1v) is 7.47. The minimum absolute atomic E-state index is 0.372. The number of nitrogens with zero attached hydrogens (tertiary/aromatic N) is 1. The van der Waals surface area contributed by atoms with Crippen molar-refractivity contribution in [2.45, 2.75) is 38.9 Å². The molecule has 1 fully saturated rings. The molecule has 5 heteroatoms. The van der Waals surface area contributed by atoms with Gasteiger partial charge in [0.05, 0.1) is 16.9 Å². The topological polar surface area (TPSA) is 57.4 Å². The van der Waals surface area contributed by atoms with Gasteiger partial charge in [-0.05, 0) is 45.3 Å². The van der Waals surface area contributed by atoms with E-state index in [0.29, 0.717) is 5.82 Å². The number of nitrogens with two attached hydrogens (primary N) is 1. The molecule has 1 saturated heterocycles. The summed E-state index contributed by atoms with van der Waals surface area (Å²) in [6.07, 6.45) is 0. The molecule has 1 aliphatic rings. The molecule has 0 spiro atoms. The van der Waals surface area contributed by atoms with Gasteiger partial charge in [0.25, 0.3) is 0 Å². The van der Waals surface area contributed by atoms with Crippen molar-refractivity contribution in [3.05, 3.63) is 42.5 Å². The number of pyridine rings is 1. The smallest absolute Gasteiger partial charge is 0.399 e. The van der Waals surface area contributed by atoms with Gasteiger partial charge >= 0.3 is 7.12 Å². The van der Waals surface area contributed by atoms with E-state index in [1.165, 1.54) is 0 Å². The highest BCUT2D eigenvalue weighted by molar-refractivity contribution is 6.62. The summed E-state index contributed by atoms with van der Waals surface area (Å²) in [7, 11) is -0.433. The van der Waals surface area contributed by atoms with Gasteiger partial charge in [-0.2, -0.15) is 0 Å². The highest BCUT2D eigenvalue weighted by Crippen LogP contribution is 2.36. The summed E-state index contributed by atoms with van der Waals surface area (Å²) >= 11 is 0. The van der Waals surface area contributed by atoms with Crippen LogP contribution in [0.2, 0.25) is 0 Å². The minimum Gasteiger partial charge on any atom is -0.399 e. The summed E-state index contributed by atoms with van der Waals surface area (Å²) in [6, 6.07) is 13.8. The molecule has 0 atom stereocenters. The van der Waals surface area contributed by atoms with E-state index in [1.807, 2.05) is 70.2 Å². The van der Waals surface area contributed by atoms with Crippen LogP contribution in [0.5, 0.6) is 0 Å². The van der Waals surface area contributed by atoms with Crippen LogP contribution >= 0.6 is 0 Å². The van der Waals surface area contributed by atoms with E-state index in [2.05, 4.69) is 4.98 Å². The van der Waals surface area contributed by atoms with Crippen LogP contribution in [-0.2, 0) is 9.31 Å². The average Bonchev–Trinajstić information content (AvgIpc) is 2.68. The molecule has 1 aromatic carbocycles. The van der Waals surface area contributed by atoms with E-state index >= 15 is 0 Å². The van der Waals surface area contributed by atoms with Crippen LogP contribution in [0.15, 0.2) is 42.5 Å². The lowest BCUT2D eigenvalue weighted by Gasteiger charge is -2.32. The Morgan fingerprint density at radius 2 is 1.55 bits per heavy atom. The van der Waals surface area contributed by atoms with Gasteiger partial charge in [0.2, 0.25) is 0 Å². The maximum absolute atomic E-state index is 6.09. The highest BCUT2D eigenvalue weighted by atomic mass is 16.7. The lowest BCUT2D eigenvalue weighted by atomic mass is 9.79. The van der Waals surface area contributed by atoms with Gasteiger partial charge in [0.1, 0.15) is 5.82 Å². The van der Waals surface area contributed by atoms with Crippen LogP contribution in [-0.4, -0.2) is 23.3 Å². The summed E-state index contributed by atoms with van der Waals surface area (Å²) in [5.41, 5.74) is 7.97. The van der Waals surface area contributed by atoms with Gasteiger partial charge in [0, 0.05) is 5.56 Å². The van der Waals surface area contributed by atoms with Crippen molar-refractivity contribution in [1.29, 1.82) is 0 Å². The van der Waals surface area contributed by atoms with Crippen molar-refractivity contribution in [2.24, 2.45) is 0 Å². The van der Waals surface area contributed by atoms with Crippen molar-refractivity contribution >= 4 is 18.4 Å². The fraction of sp³-hybridized carbons (Fsp3) is 0.353.